The molecule has 0 radical (unpaired) electrons. The molecule has 0 atom stereocenters. The van der Waals surface area contributed by atoms with Gasteiger partial charge in [0, 0.05) is 14.5 Å². The summed E-state index contributed by atoms with van der Waals surface area (Å²) in [5.74, 6) is 0.968. The number of anilines is 1. The number of benzene rings is 4. The minimum Gasteiger partial charge on any atom is -0.490 e. The zero-order valence-corrected chi connectivity index (χ0v) is 27.1. The number of aliphatic imine (C=N–C) groups is 1. The molecule has 5 rings (SSSR count). The minimum atomic E-state index is -0.199. The van der Waals surface area contributed by atoms with Crippen LogP contribution in [0.3, 0.4) is 0 Å². The molecule has 208 valence electrons. The molecule has 0 aliphatic carbocycles. The first-order valence-corrected chi connectivity index (χ1v) is 15.6. The number of carbonyl (C=O) groups is 1. The molecule has 0 spiro atoms. The van der Waals surface area contributed by atoms with Gasteiger partial charge in [-0.2, -0.15) is 0 Å². The second-order valence-corrected chi connectivity index (χ2v) is 12.4. The summed E-state index contributed by atoms with van der Waals surface area (Å²) in [6, 6.07) is 25.9. The van der Waals surface area contributed by atoms with Gasteiger partial charge in [0.15, 0.2) is 16.7 Å². The summed E-state index contributed by atoms with van der Waals surface area (Å²) in [5, 5.41) is 1.71. The number of amidine groups is 1. The monoisotopic (exact) mass is 730 g/mol. The molecule has 0 unspecified atom stereocenters. The van der Waals surface area contributed by atoms with E-state index in [1.54, 1.807) is 53.4 Å². The van der Waals surface area contributed by atoms with E-state index in [2.05, 4.69) is 31.9 Å². The van der Waals surface area contributed by atoms with E-state index in [1.807, 2.05) is 49.4 Å². The van der Waals surface area contributed by atoms with Gasteiger partial charge >= 0.3 is 0 Å². The number of nitrogens with zero attached hydrogens (tertiary/aromatic N) is 2. The number of thioether (sulfide) groups is 1. The molecule has 10 heteroatoms. The SMILES string of the molecule is CCOc1cc(/C=C2\SC(=Nc3ccc(Cl)cc3)N(c3ccc(Cl)cc3)C2=O)cc(Br)c1OCc1ccc(Br)cc1. The summed E-state index contributed by atoms with van der Waals surface area (Å²) < 4.78 is 13.8. The van der Waals surface area contributed by atoms with Gasteiger partial charge in [-0.25, -0.2) is 4.99 Å². The van der Waals surface area contributed by atoms with E-state index in [1.165, 1.54) is 11.8 Å². The van der Waals surface area contributed by atoms with Crippen molar-refractivity contribution in [2.45, 2.75) is 13.5 Å². The Kier molecular flexibility index (Phi) is 9.78. The average molecular weight is 733 g/mol. The van der Waals surface area contributed by atoms with Crippen LogP contribution in [0.5, 0.6) is 11.5 Å². The normalized spacial score (nSPS) is 15.1. The first-order chi connectivity index (χ1) is 19.8. The number of carbonyl (C=O) groups excluding carboxylic acids is 1. The molecular formula is C31H22Br2Cl2N2O3S. The van der Waals surface area contributed by atoms with Crippen molar-refractivity contribution in [3.05, 3.63) is 120 Å². The van der Waals surface area contributed by atoms with Crippen LogP contribution in [0.25, 0.3) is 6.08 Å². The molecular weight excluding hydrogens is 711 g/mol. The second-order valence-electron chi connectivity index (χ2n) is 8.78. The number of ether oxygens (including phenoxy) is 2. The number of rotatable bonds is 8. The van der Waals surface area contributed by atoms with Crippen molar-refractivity contribution in [2.75, 3.05) is 11.5 Å². The summed E-state index contributed by atoms with van der Waals surface area (Å²) in [5.41, 5.74) is 3.14. The van der Waals surface area contributed by atoms with Crippen LogP contribution in [0.15, 0.2) is 104 Å². The molecule has 5 nitrogen and oxygen atoms in total. The lowest BCUT2D eigenvalue weighted by Crippen LogP contribution is -2.28. The lowest BCUT2D eigenvalue weighted by atomic mass is 10.1. The van der Waals surface area contributed by atoms with Gasteiger partial charge in [-0.3, -0.25) is 9.69 Å². The Hall–Kier alpha value is -2.75. The fourth-order valence-electron chi connectivity index (χ4n) is 3.95. The summed E-state index contributed by atoms with van der Waals surface area (Å²) >= 11 is 20.6. The largest absolute Gasteiger partial charge is 0.490 e. The maximum Gasteiger partial charge on any atom is 0.271 e. The zero-order chi connectivity index (χ0) is 28.9. The maximum atomic E-state index is 13.7. The molecule has 1 aliphatic heterocycles. The van der Waals surface area contributed by atoms with Crippen LogP contribution in [-0.2, 0) is 11.4 Å². The van der Waals surface area contributed by atoms with Gasteiger partial charge < -0.3 is 9.47 Å². The van der Waals surface area contributed by atoms with Gasteiger partial charge in [0.25, 0.3) is 5.91 Å². The number of halogens is 4. The van der Waals surface area contributed by atoms with E-state index in [0.717, 1.165) is 15.6 Å². The quantitative estimate of drug-likeness (QED) is 0.169. The average Bonchev–Trinajstić information content (AvgIpc) is 3.25. The Balaban J connectivity index is 1.48. The third-order valence-electron chi connectivity index (χ3n) is 5.87. The number of hydrogen-bond acceptors (Lipinski definition) is 5. The van der Waals surface area contributed by atoms with Crippen LogP contribution in [0, 0.1) is 0 Å². The van der Waals surface area contributed by atoms with Crippen molar-refractivity contribution in [2.24, 2.45) is 4.99 Å². The molecule has 1 amide bonds. The molecule has 0 saturated carbocycles. The lowest BCUT2D eigenvalue weighted by Gasteiger charge is -2.16. The van der Waals surface area contributed by atoms with Gasteiger partial charge in [-0.15, -0.1) is 0 Å². The van der Waals surface area contributed by atoms with Gasteiger partial charge in [0.1, 0.15) is 6.61 Å². The van der Waals surface area contributed by atoms with Gasteiger partial charge in [0.05, 0.1) is 27.4 Å². The van der Waals surface area contributed by atoms with Crippen molar-refractivity contribution in [3.63, 3.8) is 0 Å². The predicted molar refractivity (Wildman–Crippen MR) is 177 cm³/mol. The van der Waals surface area contributed by atoms with E-state index in [4.69, 9.17) is 37.7 Å². The first kappa shape index (κ1) is 29.7. The zero-order valence-electron chi connectivity index (χ0n) is 21.6. The van der Waals surface area contributed by atoms with Gasteiger partial charge in [0.2, 0.25) is 0 Å². The van der Waals surface area contributed by atoms with Crippen molar-refractivity contribution < 1.29 is 14.3 Å². The highest BCUT2D eigenvalue weighted by Crippen LogP contribution is 2.41. The highest BCUT2D eigenvalue weighted by molar-refractivity contribution is 9.10. The fourth-order valence-corrected chi connectivity index (χ4v) is 6.05. The number of amides is 1. The molecule has 1 saturated heterocycles. The number of hydrogen-bond donors (Lipinski definition) is 0. The molecule has 1 heterocycles. The lowest BCUT2D eigenvalue weighted by molar-refractivity contribution is -0.113. The molecule has 0 bridgehead atoms. The molecule has 4 aromatic rings. The molecule has 1 fully saturated rings. The topological polar surface area (TPSA) is 51.1 Å². The Morgan fingerprint density at radius 3 is 2.22 bits per heavy atom. The van der Waals surface area contributed by atoms with Crippen LogP contribution in [0.4, 0.5) is 11.4 Å². The van der Waals surface area contributed by atoms with Gasteiger partial charge in [-0.05, 0) is 125 Å². The van der Waals surface area contributed by atoms with Crippen LogP contribution in [0.1, 0.15) is 18.1 Å². The van der Waals surface area contributed by atoms with Crippen molar-refractivity contribution in [1.29, 1.82) is 0 Å². The van der Waals surface area contributed by atoms with Crippen molar-refractivity contribution >= 4 is 95.3 Å². The smallest absolute Gasteiger partial charge is 0.271 e. The van der Waals surface area contributed by atoms with E-state index >= 15 is 0 Å². The standard InChI is InChI=1S/C31H22Br2Cl2N2O3S/c1-2-39-27-16-20(15-26(33)29(27)40-18-19-3-5-21(32)6-4-19)17-28-30(38)37(25-13-9-23(35)10-14-25)31(41-28)36-24-11-7-22(34)8-12-24/h3-17H,2,18H2,1H3/b28-17-,36-31?. The Morgan fingerprint density at radius 2 is 1.56 bits per heavy atom. The van der Waals surface area contributed by atoms with E-state index < -0.39 is 0 Å². The fraction of sp³-hybridized carbons (Fsp3) is 0.0968. The van der Waals surface area contributed by atoms with Gasteiger partial charge in [-0.1, -0.05) is 51.3 Å². The van der Waals surface area contributed by atoms with E-state index in [-0.39, 0.29) is 5.91 Å². The van der Waals surface area contributed by atoms with Crippen LogP contribution < -0.4 is 14.4 Å². The second kappa shape index (κ2) is 13.5. The summed E-state index contributed by atoms with van der Waals surface area (Å²) in [6.07, 6.45) is 1.83. The first-order valence-electron chi connectivity index (χ1n) is 12.5. The van der Waals surface area contributed by atoms with Crippen molar-refractivity contribution in [3.8, 4) is 11.5 Å². The van der Waals surface area contributed by atoms with Crippen LogP contribution >= 0.6 is 66.8 Å². The Morgan fingerprint density at radius 1 is 0.902 bits per heavy atom. The molecule has 0 aromatic heterocycles. The van der Waals surface area contributed by atoms with E-state index in [0.29, 0.717) is 60.7 Å². The molecule has 0 N–H and O–H groups in total. The predicted octanol–water partition coefficient (Wildman–Crippen LogP) is 10.3. The highest BCUT2D eigenvalue weighted by Gasteiger charge is 2.35. The summed E-state index contributed by atoms with van der Waals surface area (Å²) in [4.78, 5) is 20.6. The Bertz CT molecular complexity index is 1630. The van der Waals surface area contributed by atoms with Crippen molar-refractivity contribution in [1.82, 2.24) is 0 Å². The summed E-state index contributed by atoms with van der Waals surface area (Å²) in [7, 11) is 0. The highest BCUT2D eigenvalue weighted by atomic mass is 79.9. The maximum absolute atomic E-state index is 13.7. The molecule has 41 heavy (non-hydrogen) atoms. The third-order valence-corrected chi connectivity index (χ3v) is 8.46. The Labute approximate surface area is 269 Å². The summed E-state index contributed by atoms with van der Waals surface area (Å²) in [6.45, 7) is 2.75. The molecule has 1 aliphatic rings. The molecule has 4 aromatic carbocycles. The van der Waals surface area contributed by atoms with E-state index in [9.17, 15) is 4.79 Å². The van der Waals surface area contributed by atoms with Crippen LogP contribution in [0.2, 0.25) is 10.0 Å². The third kappa shape index (κ3) is 7.37. The minimum absolute atomic E-state index is 0.199. The van der Waals surface area contributed by atoms with Crippen LogP contribution in [-0.4, -0.2) is 17.7 Å².